The molecule has 0 N–H and O–H groups in total. The van der Waals surface area contributed by atoms with E-state index in [0.717, 1.165) is 0 Å². The number of halogens is 2. The summed E-state index contributed by atoms with van der Waals surface area (Å²) >= 11 is 0. The van der Waals surface area contributed by atoms with Crippen LogP contribution in [0, 0.1) is 0 Å². The lowest BCUT2D eigenvalue weighted by molar-refractivity contribution is -0.142. The minimum Gasteiger partial charge on any atom is -0.487 e. The third-order valence-electron chi connectivity index (χ3n) is 2.75. The van der Waals surface area contributed by atoms with Crippen molar-refractivity contribution in [3.05, 3.63) is 12.3 Å². The lowest BCUT2D eigenvalue weighted by atomic mass is 9.80. The molecule has 0 saturated heterocycles. The molecule has 0 aromatic heterocycles. The van der Waals surface area contributed by atoms with Gasteiger partial charge in [-0.15, -0.1) is 0 Å². The first-order valence-corrected chi connectivity index (χ1v) is 4.31. The van der Waals surface area contributed by atoms with Gasteiger partial charge in [-0.25, -0.2) is 8.78 Å². The largest absolute Gasteiger partial charge is 0.487 e. The van der Waals surface area contributed by atoms with Crippen LogP contribution < -0.4 is 0 Å². The Kier molecular flexibility index (Phi) is 1.68. The molecule has 0 atom stereocenters. The van der Waals surface area contributed by atoms with Crippen molar-refractivity contribution in [1.82, 2.24) is 0 Å². The summed E-state index contributed by atoms with van der Waals surface area (Å²) in [6.45, 7) is 0. The van der Waals surface area contributed by atoms with Crippen LogP contribution in [0.5, 0.6) is 0 Å². The van der Waals surface area contributed by atoms with Gasteiger partial charge in [0.15, 0.2) is 5.60 Å². The second kappa shape index (κ2) is 2.53. The third kappa shape index (κ3) is 1.34. The number of ketones is 1. The summed E-state index contributed by atoms with van der Waals surface area (Å²) in [7, 11) is 0. The zero-order valence-corrected chi connectivity index (χ0v) is 7.06. The van der Waals surface area contributed by atoms with Crippen LogP contribution in [-0.2, 0) is 9.53 Å². The highest BCUT2D eigenvalue weighted by Gasteiger charge is 2.49. The molecule has 2 nitrogen and oxygen atoms in total. The number of ether oxygens (including phenoxy) is 1. The molecule has 1 aliphatic heterocycles. The zero-order valence-electron chi connectivity index (χ0n) is 7.06. The fourth-order valence-corrected chi connectivity index (χ4v) is 1.82. The van der Waals surface area contributed by atoms with E-state index in [9.17, 15) is 13.6 Å². The summed E-state index contributed by atoms with van der Waals surface area (Å²) in [5, 5.41) is 0. The number of alkyl halides is 2. The Bertz CT molecular complexity index is 261. The minimum absolute atomic E-state index is 0.131. The van der Waals surface area contributed by atoms with Gasteiger partial charge in [-0.3, -0.25) is 4.79 Å². The van der Waals surface area contributed by atoms with Crippen molar-refractivity contribution >= 4 is 5.78 Å². The summed E-state index contributed by atoms with van der Waals surface area (Å²) in [6.07, 6.45) is 2.40. The molecule has 0 radical (unpaired) electrons. The SMILES string of the molecule is O=C1C=COC12CCC(F)(F)CC2. The molecule has 13 heavy (non-hydrogen) atoms. The molecule has 1 aliphatic carbocycles. The first-order valence-electron chi connectivity index (χ1n) is 4.31. The summed E-state index contributed by atoms with van der Waals surface area (Å²) in [5.41, 5.74) is -0.943. The molecule has 0 aromatic carbocycles. The van der Waals surface area contributed by atoms with Gasteiger partial charge in [-0.2, -0.15) is 0 Å². The van der Waals surface area contributed by atoms with Crippen LogP contribution in [0.3, 0.4) is 0 Å². The van der Waals surface area contributed by atoms with Crippen LogP contribution in [0.15, 0.2) is 12.3 Å². The summed E-state index contributed by atoms with van der Waals surface area (Å²) < 4.78 is 30.7. The van der Waals surface area contributed by atoms with E-state index in [1.165, 1.54) is 12.3 Å². The number of rotatable bonds is 0. The summed E-state index contributed by atoms with van der Waals surface area (Å²) in [4.78, 5) is 11.3. The van der Waals surface area contributed by atoms with E-state index < -0.39 is 11.5 Å². The highest BCUT2D eigenvalue weighted by molar-refractivity contribution is 5.98. The minimum atomic E-state index is -2.61. The highest BCUT2D eigenvalue weighted by atomic mass is 19.3. The maximum atomic E-state index is 12.8. The van der Waals surface area contributed by atoms with Crippen LogP contribution in [0.1, 0.15) is 25.7 Å². The maximum Gasteiger partial charge on any atom is 0.248 e. The molecule has 0 amide bonds. The standard InChI is InChI=1S/C9H10F2O2/c10-9(11)4-2-8(3-5-9)7(12)1-6-13-8/h1,6H,2-5H2. The fourth-order valence-electron chi connectivity index (χ4n) is 1.82. The predicted molar refractivity (Wildman–Crippen MR) is 41.4 cm³/mol. The quantitative estimate of drug-likeness (QED) is 0.581. The summed E-state index contributed by atoms with van der Waals surface area (Å²) in [6, 6.07) is 0. The van der Waals surface area contributed by atoms with E-state index in [-0.39, 0.29) is 31.5 Å². The molecular weight excluding hydrogens is 178 g/mol. The van der Waals surface area contributed by atoms with Crippen molar-refractivity contribution < 1.29 is 18.3 Å². The Hall–Kier alpha value is -0.930. The number of carbonyl (C=O) groups excluding carboxylic acids is 1. The van der Waals surface area contributed by atoms with Gasteiger partial charge < -0.3 is 4.74 Å². The Morgan fingerprint density at radius 2 is 1.85 bits per heavy atom. The molecule has 0 bridgehead atoms. The van der Waals surface area contributed by atoms with Gasteiger partial charge in [0.25, 0.3) is 0 Å². The van der Waals surface area contributed by atoms with Gasteiger partial charge in [0.05, 0.1) is 6.26 Å². The van der Waals surface area contributed by atoms with E-state index in [2.05, 4.69) is 0 Å². The van der Waals surface area contributed by atoms with Crippen molar-refractivity contribution in [3.8, 4) is 0 Å². The second-order valence-electron chi connectivity index (χ2n) is 3.64. The first kappa shape index (κ1) is 8.66. The normalized spacial score (nSPS) is 29.2. The van der Waals surface area contributed by atoms with Crippen LogP contribution >= 0.6 is 0 Å². The molecule has 2 aliphatic rings. The van der Waals surface area contributed by atoms with E-state index in [1.807, 2.05) is 0 Å². The lowest BCUT2D eigenvalue weighted by Crippen LogP contribution is -2.43. The molecule has 0 unspecified atom stereocenters. The molecule has 2 rings (SSSR count). The maximum absolute atomic E-state index is 12.8. The van der Waals surface area contributed by atoms with Crippen molar-refractivity contribution in [1.29, 1.82) is 0 Å². The third-order valence-corrected chi connectivity index (χ3v) is 2.75. The predicted octanol–water partition coefficient (Wildman–Crippen LogP) is 2.05. The van der Waals surface area contributed by atoms with E-state index >= 15 is 0 Å². The molecule has 1 spiro atoms. The average molecular weight is 188 g/mol. The Morgan fingerprint density at radius 1 is 1.23 bits per heavy atom. The molecular formula is C9H10F2O2. The van der Waals surface area contributed by atoms with Gasteiger partial charge in [-0.05, 0) is 0 Å². The van der Waals surface area contributed by atoms with Crippen LogP contribution in [0.2, 0.25) is 0 Å². The van der Waals surface area contributed by atoms with E-state index in [1.54, 1.807) is 0 Å². The average Bonchev–Trinajstić information content (AvgIpc) is 2.41. The molecule has 72 valence electrons. The van der Waals surface area contributed by atoms with Crippen LogP contribution in [0.25, 0.3) is 0 Å². The molecule has 0 aromatic rings. The number of hydrogen-bond donors (Lipinski definition) is 0. The lowest BCUT2D eigenvalue weighted by Gasteiger charge is -2.34. The number of carbonyl (C=O) groups is 1. The van der Waals surface area contributed by atoms with Gasteiger partial charge in [0.2, 0.25) is 11.7 Å². The monoisotopic (exact) mass is 188 g/mol. The van der Waals surface area contributed by atoms with Crippen molar-refractivity contribution in [2.24, 2.45) is 0 Å². The highest BCUT2D eigenvalue weighted by Crippen LogP contribution is 2.42. The van der Waals surface area contributed by atoms with E-state index in [0.29, 0.717) is 0 Å². The van der Waals surface area contributed by atoms with Gasteiger partial charge in [-0.1, -0.05) is 0 Å². The molecule has 1 fully saturated rings. The van der Waals surface area contributed by atoms with Gasteiger partial charge in [0.1, 0.15) is 0 Å². The number of hydrogen-bond acceptors (Lipinski definition) is 2. The van der Waals surface area contributed by atoms with Crippen molar-refractivity contribution in [3.63, 3.8) is 0 Å². The molecule has 4 heteroatoms. The zero-order chi connectivity index (χ0) is 9.53. The molecule has 1 saturated carbocycles. The van der Waals surface area contributed by atoms with Crippen molar-refractivity contribution in [2.45, 2.75) is 37.2 Å². The van der Waals surface area contributed by atoms with Crippen molar-refractivity contribution in [2.75, 3.05) is 0 Å². The van der Waals surface area contributed by atoms with Gasteiger partial charge >= 0.3 is 0 Å². The Morgan fingerprint density at radius 3 is 2.31 bits per heavy atom. The second-order valence-corrected chi connectivity index (χ2v) is 3.64. The van der Waals surface area contributed by atoms with Gasteiger partial charge in [0, 0.05) is 31.8 Å². The molecule has 1 heterocycles. The Labute approximate surface area is 74.6 Å². The van der Waals surface area contributed by atoms with E-state index in [4.69, 9.17) is 4.74 Å². The van der Waals surface area contributed by atoms with Crippen LogP contribution in [0.4, 0.5) is 8.78 Å². The Balaban J connectivity index is 2.09. The topological polar surface area (TPSA) is 26.3 Å². The fraction of sp³-hybridized carbons (Fsp3) is 0.667. The first-order chi connectivity index (χ1) is 6.04. The van der Waals surface area contributed by atoms with Crippen LogP contribution in [-0.4, -0.2) is 17.3 Å². The summed E-state index contributed by atoms with van der Waals surface area (Å²) in [5.74, 6) is -2.78. The smallest absolute Gasteiger partial charge is 0.248 e.